The van der Waals surface area contributed by atoms with Gasteiger partial charge < -0.3 is 4.74 Å². The third-order valence-corrected chi connectivity index (χ3v) is 4.60. The van der Waals surface area contributed by atoms with E-state index in [-0.39, 0.29) is 0 Å². The van der Waals surface area contributed by atoms with Gasteiger partial charge in [0, 0.05) is 17.6 Å². The molecular formula is C11H20OS. The lowest BCUT2D eigenvalue weighted by Crippen LogP contribution is -2.14. The minimum absolute atomic E-state index is 0.590. The average Bonchev–Trinajstić information content (AvgIpc) is 2.69. The SMILES string of the molecule is C1CCC(SCC2CCCO2)CC1. The Balaban J connectivity index is 1.60. The van der Waals surface area contributed by atoms with E-state index in [0.29, 0.717) is 6.10 Å². The quantitative estimate of drug-likeness (QED) is 0.691. The Kier molecular flexibility index (Phi) is 3.98. The van der Waals surface area contributed by atoms with E-state index in [4.69, 9.17) is 4.74 Å². The lowest BCUT2D eigenvalue weighted by molar-refractivity contribution is 0.128. The van der Waals surface area contributed by atoms with Crippen LogP contribution < -0.4 is 0 Å². The summed E-state index contributed by atoms with van der Waals surface area (Å²) < 4.78 is 5.62. The van der Waals surface area contributed by atoms with Crippen molar-refractivity contribution in [2.75, 3.05) is 12.4 Å². The second-order valence-corrected chi connectivity index (χ2v) is 5.56. The van der Waals surface area contributed by atoms with Crippen LogP contribution in [-0.4, -0.2) is 23.7 Å². The molecule has 1 atom stereocenters. The van der Waals surface area contributed by atoms with Gasteiger partial charge in [0.25, 0.3) is 0 Å². The topological polar surface area (TPSA) is 9.23 Å². The summed E-state index contributed by atoms with van der Waals surface area (Å²) in [7, 11) is 0. The Morgan fingerprint density at radius 3 is 2.54 bits per heavy atom. The monoisotopic (exact) mass is 200 g/mol. The van der Waals surface area contributed by atoms with Crippen molar-refractivity contribution in [2.45, 2.75) is 56.3 Å². The van der Waals surface area contributed by atoms with Crippen molar-refractivity contribution in [3.05, 3.63) is 0 Å². The zero-order valence-corrected chi connectivity index (χ0v) is 9.15. The Morgan fingerprint density at radius 2 is 1.85 bits per heavy atom. The highest BCUT2D eigenvalue weighted by Gasteiger charge is 2.19. The van der Waals surface area contributed by atoms with Gasteiger partial charge >= 0.3 is 0 Å². The van der Waals surface area contributed by atoms with Gasteiger partial charge in [-0.1, -0.05) is 19.3 Å². The largest absolute Gasteiger partial charge is 0.377 e. The van der Waals surface area contributed by atoms with Crippen LogP contribution in [0, 0.1) is 0 Å². The van der Waals surface area contributed by atoms with Crippen molar-refractivity contribution in [1.82, 2.24) is 0 Å². The van der Waals surface area contributed by atoms with Crippen LogP contribution in [0.5, 0.6) is 0 Å². The molecule has 1 nitrogen and oxygen atoms in total. The van der Waals surface area contributed by atoms with Gasteiger partial charge in [-0.2, -0.15) is 11.8 Å². The van der Waals surface area contributed by atoms with Crippen molar-refractivity contribution in [1.29, 1.82) is 0 Å². The Bertz CT molecular complexity index is 137. The van der Waals surface area contributed by atoms with Gasteiger partial charge in [-0.25, -0.2) is 0 Å². The van der Waals surface area contributed by atoms with Crippen LogP contribution in [0.25, 0.3) is 0 Å². The zero-order chi connectivity index (χ0) is 8.93. The smallest absolute Gasteiger partial charge is 0.0666 e. The Hall–Kier alpha value is 0.310. The van der Waals surface area contributed by atoms with Gasteiger partial charge in [0.2, 0.25) is 0 Å². The maximum absolute atomic E-state index is 5.62. The van der Waals surface area contributed by atoms with E-state index < -0.39 is 0 Å². The lowest BCUT2D eigenvalue weighted by Gasteiger charge is -2.22. The van der Waals surface area contributed by atoms with Gasteiger partial charge in [0.15, 0.2) is 0 Å². The molecule has 0 bridgehead atoms. The highest BCUT2D eigenvalue weighted by Crippen LogP contribution is 2.30. The van der Waals surface area contributed by atoms with Gasteiger partial charge in [-0.15, -0.1) is 0 Å². The van der Waals surface area contributed by atoms with Gasteiger partial charge in [-0.3, -0.25) is 0 Å². The Labute approximate surface area is 85.6 Å². The van der Waals surface area contributed by atoms with E-state index in [9.17, 15) is 0 Å². The highest BCUT2D eigenvalue weighted by molar-refractivity contribution is 7.99. The lowest BCUT2D eigenvalue weighted by atomic mass is 10.0. The van der Waals surface area contributed by atoms with Crippen LogP contribution in [0.3, 0.4) is 0 Å². The van der Waals surface area contributed by atoms with E-state index in [0.717, 1.165) is 11.9 Å². The Morgan fingerprint density at radius 1 is 1.00 bits per heavy atom. The van der Waals surface area contributed by atoms with Crippen molar-refractivity contribution < 1.29 is 4.74 Å². The minimum Gasteiger partial charge on any atom is -0.377 e. The first-order valence-corrected chi connectivity index (χ1v) is 6.73. The summed E-state index contributed by atoms with van der Waals surface area (Å²) in [6.45, 7) is 1.01. The maximum atomic E-state index is 5.62. The van der Waals surface area contributed by atoms with Crippen molar-refractivity contribution in [3.63, 3.8) is 0 Å². The van der Waals surface area contributed by atoms with Crippen molar-refractivity contribution in [2.24, 2.45) is 0 Å². The molecular weight excluding hydrogens is 180 g/mol. The van der Waals surface area contributed by atoms with E-state index in [1.807, 2.05) is 0 Å². The molecule has 2 fully saturated rings. The van der Waals surface area contributed by atoms with Crippen LogP contribution in [0.2, 0.25) is 0 Å². The zero-order valence-electron chi connectivity index (χ0n) is 8.34. The summed E-state index contributed by atoms with van der Waals surface area (Å²) in [4.78, 5) is 0. The molecule has 2 heteroatoms. The summed E-state index contributed by atoms with van der Waals surface area (Å²) in [6.07, 6.45) is 10.5. The van der Waals surface area contributed by atoms with E-state index in [2.05, 4.69) is 11.8 Å². The molecule has 1 saturated heterocycles. The maximum Gasteiger partial charge on any atom is 0.0666 e. The molecule has 13 heavy (non-hydrogen) atoms. The van der Waals surface area contributed by atoms with Crippen LogP contribution in [0.15, 0.2) is 0 Å². The highest BCUT2D eigenvalue weighted by atomic mass is 32.2. The molecule has 0 amide bonds. The summed E-state index contributed by atoms with van der Waals surface area (Å²) in [5.74, 6) is 1.25. The minimum atomic E-state index is 0.590. The molecule has 1 saturated carbocycles. The van der Waals surface area contributed by atoms with E-state index >= 15 is 0 Å². The molecule has 0 aromatic rings. The molecule has 1 heterocycles. The third-order valence-electron chi connectivity index (χ3n) is 3.09. The average molecular weight is 200 g/mol. The summed E-state index contributed by atoms with van der Waals surface area (Å²) in [5, 5.41) is 0.956. The molecule has 76 valence electrons. The number of rotatable bonds is 3. The molecule has 1 aliphatic heterocycles. The number of thioether (sulfide) groups is 1. The van der Waals surface area contributed by atoms with Crippen LogP contribution in [-0.2, 0) is 4.74 Å². The molecule has 0 N–H and O–H groups in total. The molecule has 0 radical (unpaired) electrons. The number of hydrogen-bond donors (Lipinski definition) is 0. The van der Waals surface area contributed by atoms with Gasteiger partial charge in [-0.05, 0) is 25.7 Å². The number of ether oxygens (including phenoxy) is 1. The van der Waals surface area contributed by atoms with Crippen LogP contribution in [0.1, 0.15) is 44.9 Å². The first-order valence-electron chi connectivity index (χ1n) is 5.68. The van der Waals surface area contributed by atoms with Gasteiger partial charge in [0.1, 0.15) is 0 Å². The second kappa shape index (κ2) is 5.26. The van der Waals surface area contributed by atoms with Crippen molar-refractivity contribution in [3.8, 4) is 0 Å². The molecule has 2 rings (SSSR count). The van der Waals surface area contributed by atoms with E-state index in [1.165, 1.54) is 50.7 Å². The number of hydrogen-bond acceptors (Lipinski definition) is 2. The van der Waals surface area contributed by atoms with Crippen LogP contribution in [0.4, 0.5) is 0 Å². The van der Waals surface area contributed by atoms with Gasteiger partial charge in [0.05, 0.1) is 6.10 Å². The first kappa shape index (κ1) is 9.85. The first-order chi connectivity index (χ1) is 6.45. The molecule has 1 aliphatic carbocycles. The standard InChI is InChI=1S/C11H20OS/c1-2-6-11(7-3-1)13-9-10-5-4-8-12-10/h10-11H,1-9H2. The third kappa shape index (κ3) is 3.17. The fourth-order valence-corrected chi connectivity index (χ4v) is 3.67. The summed E-state index contributed by atoms with van der Waals surface area (Å²) >= 11 is 2.17. The van der Waals surface area contributed by atoms with Crippen molar-refractivity contribution >= 4 is 11.8 Å². The fourth-order valence-electron chi connectivity index (χ4n) is 2.25. The summed E-state index contributed by atoms with van der Waals surface area (Å²) in [6, 6.07) is 0. The molecule has 0 aromatic heterocycles. The fraction of sp³-hybridized carbons (Fsp3) is 1.00. The molecule has 1 unspecified atom stereocenters. The normalized spacial score (nSPS) is 30.9. The van der Waals surface area contributed by atoms with Crippen LogP contribution >= 0.6 is 11.8 Å². The molecule has 0 spiro atoms. The van der Waals surface area contributed by atoms with E-state index in [1.54, 1.807) is 0 Å². The summed E-state index contributed by atoms with van der Waals surface area (Å²) in [5.41, 5.74) is 0. The molecule has 0 aromatic carbocycles. The predicted octanol–water partition coefficient (Wildman–Crippen LogP) is 3.23. The predicted molar refractivity (Wildman–Crippen MR) is 58.3 cm³/mol. The second-order valence-electron chi connectivity index (χ2n) is 4.23. The molecule has 2 aliphatic rings.